The van der Waals surface area contributed by atoms with E-state index < -0.39 is 11.5 Å². The Labute approximate surface area is 114 Å². The summed E-state index contributed by atoms with van der Waals surface area (Å²) in [7, 11) is 0. The summed E-state index contributed by atoms with van der Waals surface area (Å²) in [5, 5.41) is 0. The van der Waals surface area contributed by atoms with Crippen LogP contribution >= 0.6 is 0 Å². The van der Waals surface area contributed by atoms with E-state index in [1.54, 1.807) is 0 Å². The predicted octanol–water partition coefficient (Wildman–Crippen LogP) is 3.64. The van der Waals surface area contributed by atoms with E-state index >= 15 is 0 Å². The minimum absolute atomic E-state index is 0.398. The van der Waals surface area contributed by atoms with Gasteiger partial charge in [0.1, 0.15) is 12.0 Å². The molecule has 3 heteroatoms. The number of hydrogen-bond donors (Lipinski definition) is 0. The van der Waals surface area contributed by atoms with E-state index in [1.165, 1.54) is 31.0 Å². The molecule has 2 rings (SSSR count). The summed E-state index contributed by atoms with van der Waals surface area (Å²) in [5.41, 5.74) is 1.86. The van der Waals surface area contributed by atoms with Gasteiger partial charge >= 0.3 is 5.97 Å². The molecule has 0 fully saturated rings. The standard InChI is InChI=1S/C16H21NO2/c1-4-5-6-7-12-8-9-14-13(10-12)16(2,3)17-11-15(18)19-14/h8-11H,4-7H2,1-3H3. The smallest absolute Gasteiger partial charge is 0.354 e. The zero-order valence-corrected chi connectivity index (χ0v) is 11.9. The molecule has 0 radical (unpaired) electrons. The van der Waals surface area contributed by atoms with Gasteiger partial charge in [0, 0.05) is 5.56 Å². The third-order valence-electron chi connectivity index (χ3n) is 3.48. The highest BCUT2D eigenvalue weighted by molar-refractivity contribution is 6.24. The van der Waals surface area contributed by atoms with Crippen LogP contribution in [0, 0.1) is 0 Å². The highest BCUT2D eigenvalue weighted by atomic mass is 16.5. The van der Waals surface area contributed by atoms with Gasteiger partial charge in [-0.1, -0.05) is 25.8 Å². The summed E-state index contributed by atoms with van der Waals surface area (Å²) in [5.74, 6) is 0.234. The monoisotopic (exact) mass is 259 g/mol. The van der Waals surface area contributed by atoms with Crippen LogP contribution < -0.4 is 4.74 Å². The van der Waals surface area contributed by atoms with Crippen molar-refractivity contribution in [3.05, 3.63) is 29.3 Å². The van der Waals surface area contributed by atoms with E-state index in [1.807, 2.05) is 26.0 Å². The lowest BCUT2D eigenvalue weighted by atomic mass is 9.91. The molecule has 1 aliphatic rings. The fraction of sp³-hybridized carbons (Fsp3) is 0.500. The van der Waals surface area contributed by atoms with Crippen LogP contribution in [0.15, 0.2) is 23.2 Å². The first-order chi connectivity index (χ1) is 9.03. The molecule has 0 amide bonds. The number of rotatable bonds is 4. The quantitative estimate of drug-likeness (QED) is 0.470. The van der Waals surface area contributed by atoms with Gasteiger partial charge in [-0.3, -0.25) is 4.99 Å². The van der Waals surface area contributed by atoms with Crippen LogP contribution in [0.5, 0.6) is 5.75 Å². The van der Waals surface area contributed by atoms with Crippen molar-refractivity contribution in [2.45, 2.75) is 52.0 Å². The summed E-state index contributed by atoms with van der Waals surface area (Å²) in [6, 6.07) is 6.06. The average Bonchev–Trinajstić information content (AvgIpc) is 2.48. The fourth-order valence-electron chi connectivity index (χ4n) is 2.30. The maximum Gasteiger partial charge on any atom is 0.354 e. The van der Waals surface area contributed by atoms with Crippen molar-refractivity contribution in [3.8, 4) is 5.75 Å². The second kappa shape index (κ2) is 5.55. The molecule has 1 aliphatic heterocycles. The fourth-order valence-corrected chi connectivity index (χ4v) is 2.30. The molecule has 0 bridgehead atoms. The lowest BCUT2D eigenvalue weighted by Gasteiger charge is -2.21. The molecular weight excluding hydrogens is 238 g/mol. The molecular formula is C16H21NO2. The van der Waals surface area contributed by atoms with Gasteiger partial charge in [0.15, 0.2) is 0 Å². The SMILES string of the molecule is CCCCCc1ccc2c(c1)C(C)(C)N=CC(=O)O2. The van der Waals surface area contributed by atoms with Crippen LogP contribution in [0.4, 0.5) is 0 Å². The van der Waals surface area contributed by atoms with E-state index in [2.05, 4.69) is 18.0 Å². The number of carbonyl (C=O) groups excluding carboxylic acids is 1. The Morgan fingerprint density at radius 1 is 1.26 bits per heavy atom. The highest BCUT2D eigenvalue weighted by Gasteiger charge is 2.27. The molecule has 0 unspecified atom stereocenters. The van der Waals surface area contributed by atoms with Gasteiger partial charge in [-0.2, -0.15) is 0 Å². The number of aryl methyl sites for hydroxylation is 1. The summed E-state index contributed by atoms with van der Waals surface area (Å²) < 4.78 is 5.28. The third kappa shape index (κ3) is 3.22. The Kier molecular flexibility index (Phi) is 4.03. The number of ether oxygens (including phenoxy) is 1. The van der Waals surface area contributed by atoms with Crippen LogP contribution in [0.1, 0.15) is 51.2 Å². The number of nitrogens with zero attached hydrogens (tertiary/aromatic N) is 1. The van der Waals surface area contributed by atoms with E-state index in [-0.39, 0.29) is 0 Å². The maximum absolute atomic E-state index is 11.5. The van der Waals surface area contributed by atoms with Gasteiger partial charge in [0.25, 0.3) is 0 Å². The van der Waals surface area contributed by atoms with Gasteiger partial charge < -0.3 is 4.74 Å². The van der Waals surface area contributed by atoms with Crippen molar-refractivity contribution in [1.82, 2.24) is 0 Å². The van der Waals surface area contributed by atoms with Crippen molar-refractivity contribution in [2.75, 3.05) is 0 Å². The molecule has 0 N–H and O–H groups in total. The minimum atomic E-state index is -0.414. The van der Waals surface area contributed by atoms with Gasteiger partial charge in [0.2, 0.25) is 0 Å². The molecule has 0 atom stereocenters. The van der Waals surface area contributed by atoms with Crippen molar-refractivity contribution in [3.63, 3.8) is 0 Å². The van der Waals surface area contributed by atoms with Crippen molar-refractivity contribution in [1.29, 1.82) is 0 Å². The van der Waals surface area contributed by atoms with E-state index in [0.717, 1.165) is 12.0 Å². The summed E-state index contributed by atoms with van der Waals surface area (Å²) in [4.78, 5) is 15.8. The van der Waals surface area contributed by atoms with E-state index in [4.69, 9.17) is 4.74 Å². The third-order valence-corrected chi connectivity index (χ3v) is 3.48. The van der Waals surface area contributed by atoms with Crippen molar-refractivity contribution in [2.24, 2.45) is 4.99 Å². The summed E-state index contributed by atoms with van der Waals surface area (Å²) in [6.45, 7) is 6.20. The molecule has 1 aromatic rings. The van der Waals surface area contributed by atoms with Gasteiger partial charge in [-0.05, 0) is 44.4 Å². The molecule has 0 aliphatic carbocycles. The van der Waals surface area contributed by atoms with E-state index in [0.29, 0.717) is 5.75 Å². The largest absolute Gasteiger partial charge is 0.422 e. The van der Waals surface area contributed by atoms with Crippen molar-refractivity contribution >= 4 is 12.2 Å². The first-order valence-electron chi connectivity index (χ1n) is 6.93. The average molecular weight is 259 g/mol. The Morgan fingerprint density at radius 3 is 2.79 bits per heavy atom. The number of aliphatic imine (C=N–C) groups is 1. The van der Waals surface area contributed by atoms with Gasteiger partial charge in [-0.15, -0.1) is 0 Å². The highest BCUT2D eigenvalue weighted by Crippen LogP contribution is 2.35. The van der Waals surface area contributed by atoms with Crippen LogP contribution in [-0.4, -0.2) is 12.2 Å². The van der Waals surface area contributed by atoms with Gasteiger partial charge in [0.05, 0.1) is 5.54 Å². The lowest BCUT2D eigenvalue weighted by Crippen LogP contribution is -2.13. The molecule has 1 aromatic carbocycles. The maximum atomic E-state index is 11.5. The Bertz CT molecular complexity index is 503. The Hall–Kier alpha value is -1.64. The Morgan fingerprint density at radius 2 is 2.05 bits per heavy atom. The first kappa shape index (κ1) is 13.8. The number of fused-ring (bicyclic) bond motifs is 1. The van der Waals surface area contributed by atoms with Gasteiger partial charge in [-0.25, -0.2) is 4.79 Å². The molecule has 19 heavy (non-hydrogen) atoms. The second-order valence-electron chi connectivity index (χ2n) is 5.53. The summed E-state index contributed by atoms with van der Waals surface area (Å²) >= 11 is 0. The molecule has 0 aromatic heterocycles. The van der Waals surface area contributed by atoms with Crippen LogP contribution in [-0.2, 0) is 16.8 Å². The normalized spacial score (nSPS) is 16.7. The topological polar surface area (TPSA) is 38.7 Å². The minimum Gasteiger partial charge on any atom is -0.422 e. The van der Waals surface area contributed by atoms with Crippen LogP contribution in [0.3, 0.4) is 0 Å². The van der Waals surface area contributed by atoms with E-state index in [9.17, 15) is 4.79 Å². The molecule has 0 saturated heterocycles. The Balaban J connectivity index is 2.29. The second-order valence-corrected chi connectivity index (χ2v) is 5.53. The predicted molar refractivity (Wildman–Crippen MR) is 76.8 cm³/mol. The zero-order valence-electron chi connectivity index (χ0n) is 11.9. The van der Waals surface area contributed by atoms with Crippen LogP contribution in [0.2, 0.25) is 0 Å². The number of hydrogen-bond acceptors (Lipinski definition) is 3. The number of carbonyl (C=O) groups is 1. The molecule has 1 heterocycles. The summed E-state index contributed by atoms with van der Waals surface area (Å²) in [6.07, 6.45) is 6.00. The molecule has 3 nitrogen and oxygen atoms in total. The number of unbranched alkanes of at least 4 members (excludes halogenated alkanes) is 2. The molecule has 102 valence electrons. The van der Waals surface area contributed by atoms with Crippen molar-refractivity contribution < 1.29 is 9.53 Å². The number of esters is 1. The van der Waals surface area contributed by atoms with Crippen LogP contribution in [0.25, 0.3) is 0 Å². The lowest BCUT2D eigenvalue weighted by molar-refractivity contribution is -0.126. The first-order valence-corrected chi connectivity index (χ1v) is 6.93. The molecule has 0 spiro atoms. The number of benzene rings is 1. The zero-order chi connectivity index (χ0) is 13.9. The molecule has 0 saturated carbocycles.